The number of rotatable bonds is 4. The lowest BCUT2D eigenvalue weighted by Crippen LogP contribution is -2.33. The van der Waals surface area contributed by atoms with Gasteiger partial charge >= 0.3 is 0 Å². The third kappa shape index (κ3) is 2.68. The van der Waals surface area contributed by atoms with Gasteiger partial charge in [-0.1, -0.05) is 13.0 Å². The Bertz CT molecular complexity index is 554. The average Bonchev–Trinajstić information content (AvgIpc) is 2.84. The minimum absolute atomic E-state index is 0.0634. The number of sulfonamides is 1. The molecule has 2 rings (SSSR count). The van der Waals surface area contributed by atoms with Gasteiger partial charge in [0.2, 0.25) is 10.0 Å². The Kier molecular flexibility index (Phi) is 4.28. The molecule has 0 spiro atoms. The van der Waals surface area contributed by atoms with Crippen LogP contribution in [0.2, 0.25) is 0 Å². The maximum Gasteiger partial charge on any atom is 0.243 e. The summed E-state index contributed by atoms with van der Waals surface area (Å²) in [5.74, 6) is 0. The van der Waals surface area contributed by atoms with Crippen LogP contribution in [-0.4, -0.2) is 30.4 Å². The first-order chi connectivity index (χ1) is 9.00. The van der Waals surface area contributed by atoms with Crippen LogP contribution in [-0.2, 0) is 23.1 Å². The van der Waals surface area contributed by atoms with Crippen molar-refractivity contribution in [2.24, 2.45) is 0 Å². The highest BCUT2D eigenvalue weighted by Crippen LogP contribution is 2.27. The van der Waals surface area contributed by atoms with Gasteiger partial charge in [0.25, 0.3) is 0 Å². The lowest BCUT2D eigenvalue weighted by atomic mass is 10.1. The third-order valence-electron chi connectivity index (χ3n) is 3.83. The fraction of sp³-hybridized carbons (Fsp3) is 0.571. The summed E-state index contributed by atoms with van der Waals surface area (Å²) in [6.07, 6.45) is 2.62. The van der Waals surface area contributed by atoms with Crippen LogP contribution in [0.5, 0.6) is 0 Å². The Morgan fingerprint density at radius 2 is 2.11 bits per heavy atom. The molecule has 1 heterocycles. The van der Waals surface area contributed by atoms with Crippen molar-refractivity contribution >= 4 is 10.0 Å². The van der Waals surface area contributed by atoms with Crippen molar-refractivity contribution in [2.75, 3.05) is 6.54 Å². The molecule has 0 aliphatic carbocycles. The molecule has 1 aliphatic rings. The summed E-state index contributed by atoms with van der Waals surface area (Å²) in [4.78, 5) is 0.294. The number of nitrogens with zero attached hydrogens (tertiary/aromatic N) is 1. The van der Waals surface area contributed by atoms with Crippen LogP contribution in [0.4, 0.5) is 0 Å². The van der Waals surface area contributed by atoms with Gasteiger partial charge in [0.05, 0.1) is 11.5 Å². The van der Waals surface area contributed by atoms with Crippen LogP contribution in [0.1, 0.15) is 37.8 Å². The van der Waals surface area contributed by atoms with E-state index in [0.717, 1.165) is 24.8 Å². The van der Waals surface area contributed by atoms with Gasteiger partial charge in [0.1, 0.15) is 0 Å². The molecule has 1 N–H and O–H groups in total. The first kappa shape index (κ1) is 14.5. The van der Waals surface area contributed by atoms with Crippen LogP contribution in [0, 0.1) is 0 Å². The lowest BCUT2D eigenvalue weighted by Gasteiger charge is -2.21. The number of aryl methyl sites for hydroxylation is 1. The van der Waals surface area contributed by atoms with E-state index in [1.54, 1.807) is 22.5 Å². The van der Waals surface area contributed by atoms with Crippen LogP contribution in [0.3, 0.4) is 0 Å². The molecule has 4 nitrogen and oxygen atoms in total. The normalized spacial score (nSPS) is 20.9. The van der Waals surface area contributed by atoms with Crippen molar-refractivity contribution in [1.82, 2.24) is 4.31 Å². The molecule has 0 bridgehead atoms. The van der Waals surface area contributed by atoms with E-state index in [1.807, 2.05) is 13.8 Å². The van der Waals surface area contributed by atoms with Crippen molar-refractivity contribution in [3.63, 3.8) is 0 Å². The van der Waals surface area contributed by atoms with Crippen LogP contribution in [0.25, 0.3) is 0 Å². The molecule has 0 amide bonds. The molecule has 0 aromatic heterocycles. The van der Waals surface area contributed by atoms with Gasteiger partial charge in [0.15, 0.2) is 0 Å². The van der Waals surface area contributed by atoms with E-state index >= 15 is 0 Å². The Labute approximate surface area is 115 Å². The smallest absolute Gasteiger partial charge is 0.243 e. The number of benzene rings is 1. The second-order valence-electron chi connectivity index (χ2n) is 5.05. The Morgan fingerprint density at radius 3 is 2.63 bits per heavy atom. The van der Waals surface area contributed by atoms with Gasteiger partial charge in [-0.05, 0) is 49.4 Å². The maximum atomic E-state index is 12.6. The molecule has 1 atom stereocenters. The van der Waals surface area contributed by atoms with E-state index in [1.165, 1.54) is 0 Å². The Morgan fingerprint density at radius 1 is 1.37 bits per heavy atom. The molecule has 106 valence electrons. The van der Waals surface area contributed by atoms with Gasteiger partial charge in [0, 0.05) is 12.6 Å². The van der Waals surface area contributed by atoms with Crippen molar-refractivity contribution in [3.8, 4) is 0 Å². The van der Waals surface area contributed by atoms with Crippen molar-refractivity contribution in [1.29, 1.82) is 0 Å². The summed E-state index contributed by atoms with van der Waals surface area (Å²) in [7, 11) is -3.42. The van der Waals surface area contributed by atoms with E-state index in [-0.39, 0.29) is 12.6 Å². The molecule has 1 saturated heterocycles. The summed E-state index contributed by atoms with van der Waals surface area (Å²) < 4.78 is 26.7. The first-order valence-corrected chi connectivity index (χ1v) is 8.19. The highest BCUT2D eigenvalue weighted by molar-refractivity contribution is 7.89. The van der Waals surface area contributed by atoms with Crippen LogP contribution >= 0.6 is 0 Å². The maximum absolute atomic E-state index is 12.6. The predicted molar refractivity (Wildman–Crippen MR) is 74.3 cm³/mol. The SMILES string of the molecule is CCc1ccc(S(=O)(=O)N2CCCC2C)cc1CO. The molecule has 0 radical (unpaired) electrons. The van der Waals surface area contributed by atoms with Gasteiger partial charge in [-0.2, -0.15) is 4.31 Å². The summed E-state index contributed by atoms with van der Waals surface area (Å²) in [5, 5.41) is 9.35. The molecule has 1 aliphatic heterocycles. The Balaban J connectivity index is 2.40. The topological polar surface area (TPSA) is 57.6 Å². The third-order valence-corrected chi connectivity index (χ3v) is 5.84. The minimum atomic E-state index is -3.42. The molecule has 1 aromatic rings. The number of hydrogen-bond acceptors (Lipinski definition) is 3. The van der Waals surface area contributed by atoms with Crippen molar-refractivity contribution in [3.05, 3.63) is 29.3 Å². The van der Waals surface area contributed by atoms with E-state index in [4.69, 9.17) is 0 Å². The van der Waals surface area contributed by atoms with E-state index in [9.17, 15) is 13.5 Å². The number of aliphatic hydroxyl groups is 1. The van der Waals surface area contributed by atoms with E-state index in [2.05, 4.69) is 0 Å². The number of hydrogen-bond donors (Lipinski definition) is 1. The molecule has 0 saturated carbocycles. The molecule has 19 heavy (non-hydrogen) atoms. The molecule has 1 unspecified atom stereocenters. The van der Waals surface area contributed by atoms with Crippen LogP contribution < -0.4 is 0 Å². The zero-order valence-electron chi connectivity index (χ0n) is 11.5. The quantitative estimate of drug-likeness (QED) is 0.918. The summed E-state index contributed by atoms with van der Waals surface area (Å²) in [5.41, 5.74) is 1.70. The Hall–Kier alpha value is -0.910. The van der Waals surface area contributed by atoms with Gasteiger partial charge in [-0.25, -0.2) is 8.42 Å². The monoisotopic (exact) mass is 283 g/mol. The standard InChI is InChI=1S/C14H21NO3S/c1-3-12-6-7-14(9-13(12)10-16)19(17,18)15-8-4-5-11(15)2/h6-7,9,11,16H,3-5,8,10H2,1-2H3. The van der Waals surface area contributed by atoms with Crippen molar-refractivity contribution < 1.29 is 13.5 Å². The second kappa shape index (κ2) is 5.61. The summed E-state index contributed by atoms with van der Waals surface area (Å²) in [6.45, 7) is 4.40. The zero-order chi connectivity index (χ0) is 14.0. The first-order valence-electron chi connectivity index (χ1n) is 6.75. The zero-order valence-corrected chi connectivity index (χ0v) is 12.3. The fourth-order valence-electron chi connectivity index (χ4n) is 2.65. The molecule has 1 aromatic carbocycles. The van der Waals surface area contributed by atoms with Crippen molar-refractivity contribution in [2.45, 2.75) is 50.7 Å². The lowest BCUT2D eigenvalue weighted by molar-refractivity contribution is 0.280. The van der Waals surface area contributed by atoms with Gasteiger partial charge in [-0.3, -0.25) is 0 Å². The highest BCUT2D eigenvalue weighted by Gasteiger charge is 2.32. The fourth-order valence-corrected chi connectivity index (χ4v) is 4.40. The largest absolute Gasteiger partial charge is 0.392 e. The molecular weight excluding hydrogens is 262 g/mol. The van der Waals surface area contributed by atoms with Gasteiger partial charge in [-0.15, -0.1) is 0 Å². The van der Waals surface area contributed by atoms with Gasteiger partial charge < -0.3 is 5.11 Å². The van der Waals surface area contributed by atoms with E-state index in [0.29, 0.717) is 17.0 Å². The summed E-state index contributed by atoms with van der Waals surface area (Å²) in [6, 6.07) is 5.13. The molecular formula is C14H21NO3S. The average molecular weight is 283 g/mol. The predicted octanol–water partition coefficient (Wildman–Crippen LogP) is 1.91. The minimum Gasteiger partial charge on any atom is -0.392 e. The molecule has 1 fully saturated rings. The number of aliphatic hydroxyl groups excluding tert-OH is 1. The van der Waals surface area contributed by atoms with E-state index < -0.39 is 10.0 Å². The van der Waals surface area contributed by atoms with Crippen LogP contribution in [0.15, 0.2) is 23.1 Å². The summed E-state index contributed by atoms with van der Waals surface area (Å²) >= 11 is 0. The second-order valence-corrected chi connectivity index (χ2v) is 6.94. The highest BCUT2D eigenvalue weighted by atomic mass is 32.2. The molecule has 5 heteroatoms.